The van der Waals surface area contributed by atoms with E-state index in [9.17, 15) is 0 Å². The monoisotopic (exact) mass is 276 g/mol. The van der Waals surface area contributed by atoms with E-state index in [4.69, 9.17) is 5.73 Å². The van der Waals surface area contributed by atoms with E-state index in [1.807, 2.05) is 5.51 Å². The maximum absolute atomic E-state index is 6.33. The number of anilines is 2. The third-order valence-corrected chi connectivity index (χ3v) is 4.58. The van der Waals surface area contributed by atoms with Gasteiger partial charge in [0, 0.05) is 19.1 Å². The average Bonchev–Trinajstić information content (AvgIpc) is 2.98. The minimum atomic E-state index is 0.563. The Labute approximate surface area is 117 Å². The minimum absolute atomic E-state index is 0.563. The molecule has 1 aromatic heterocycles. The van der Waals surface area contributed by atoms with Crippen LogP contribution in [0.3, 0.4) is 0 Å². The molecule has 1 aliphatic heterocycles. The van der Waals surface area contributed by atoms with Crippen LogP contribution in [0.1, 0.15) is 12.8 Å². The van der Waals surface area contributed by atoms with Gasteiger partial charge in [0.1, 0.15) is 5.52 Å². The van der Waals surface area contributed by atoms with Crippen LogP contribution in [-0.4, -0.2) is 43.1 Å². The maximum Gasteiger partial charge on any atom is 0.106 e. The van der Waals surface area contributed by atoms with Gasteiger partial charge >= 0.3 is 0 Å². The highest BCUT2D eigenvalue weighted by molar-refractivity contribution is 7.16. The van der Waals surface area contributed by atoms with Gasteiger partial charge < -0.3 is 15.5 Å². The summed E-state index contributed by atoms with van der Waals surface area (Å²) >= 11 is 1.65. The number of rotatable bonds is 3. The lowest BCUT2D eigenvalue weighted by Crippen LogP contribution is -2.37. The molecule has 1 aliphatic rings. The Balaban J connectivity index is 1.96. The van der Waals surface area contributed by atoms with Crippen molar-refractivity contribution < 1.29 is 0 Å². The molecule has 0 bridgehead atoms. The SMILES string of the molecule is CN(C)CC1CCCN1c1ccc2scnc2c1N. The minimum Gasteiger partial charge on any atom is -0.395 e. The standard InChI is InChI=1S/C14H20N4S/c1-17(2)8-10-4-3-7-18(10)11-5-6-12-14(13(11)15)16-9-19-12/h5-6,9-10H,3-4,7-8,15H2,1-2H3. The summed E-state index contributed by atoms with van der Waals surface area (Å²) in [6.45, 7) is 2.17. The van der Waals surface area contributed by atoms with E-state index in [0.29, 0.717) is 6.04 Å². The first-order valence-corrected chi connectivity index (χ1v) is 7.58. The smallest absolute Gasteiger partial charge is 0.106 e. The molecule has 2 heterocycles. The summed E-state index contributed by atoms with van der Waals surface area (Å²) in [4.78, 5) is 9.10. The summed E-state index contributed by atoms with van der Waals surface area (Å²) in [6, 6.07) is 4.86. The van der Waals surface area contributed by atoms with Gasteiger partial charge in [-0.25, -0.2) is 4.98 Å². The zero-order valence-electron chi connectivity index (χ0n) is 11.5. The van der Waals surface area contributed by atoms with Crippen molar-refractivity contribution >= 4 is 32.9 Å². The van der Waals surface area contributed by atoms with Crippen molar-refractivity contribution in [3.8, 4) is 0 Å². The predicted octanol–water partition coefficient (Wildman–Crippen LogP) is 2.41. The number of nitrogens with zero attached hydrogens (tertiary/aromatic N) is 3. The fourth-order valence-electron chi connectivity index (χ4n) is 2.96. The highest BCUT2D eigenvalue weighted by Crippen LogP contribution is 2.36. The van der Waals surface area contributed by atoms with Crippen LogP contribution in [0.15, 0.2) is 17.6 Å². The number of hydrogen-bond donors (Lipinski definition) is 1. The van der Waals surface area contributed by atoms with Crippen molar-refractivity contribution in [2.24, 2.45) is 0 Å². The lowest BCUT2D eigenvalue weighted by atomic mass is 10.1. The second-order valence-electron chi connectivity index (χ2n) is 5.45. The molecule has 1 unspecified atom stereocenters. The Morgan fingerprint density at radius 3 is 3.11 bits per heavy atom. The van der Waals surface area contributed by atoms with Gasteiger partial charge in [0.25, 0.3) is 0 Å². The van der Waals surface area contributed by atoms with E-state index in [-0.39, 0.29) is 0 Å². The Bertz CT molecular complexity index is 578. The molecule has 0 radical (unpaired) electrons. The Morgan fingerprint density at radius 2 is 2.32 bits per heavy atom. The van der Waals surface area contributed by atoms with Crippen LogP contribution >= 0.6 is 11.3 Å². The summed E-state index contributed by atoms with van der Waals surface area (Å²) in [6.07, 6.45) is 2.49. The highest BCUT2D eigenvalue weighted by Gasteiger charge is 2.27. The first-order chi connectivity index (χ1) is 9.16. The molecule has 2 aromatic rings. The van der Waals surface area contributed by atoms with E-state index in [0.717, 1.165) is 30.0 Å². The quantitative estimate of drug-likeness (QED) is 0.875. The molecule has 1 aromatic carbocycles. The molecule has 2 N–H and O–H groups in total. The fourth-order valence-corrected chi connectivity index (χ4v) is 3.65. The molecule has 102 valence electrons. The van der Waals surface area contributed by atoms with Gasteiger partial charge in [-0.2, -0.15) is 0 Å². The van der Waals surface area contributed by atoms with E-state index in [2.05, 4.69) is 41.0 Å². The normalized spacial score (nSPS) is 19.7. The van der Waals surface area contributed by atoms with Gasteiger partial charge in [0.05, 0.1) is 21.6 Å². The number of nitrogen functional groups attached to an aromatic ring is 1. The largest absolute Gasteiger partial charge is 0.395 e. The average molecular weight is 276 g/mol. The second kappa shape index (κ2) is 4.98. The topological polar surface area (TPSA) is 45.4 Å². The molecule has 0 saturated carbocycles. The number of nitrogens with two attached hydrogens (primary N) is 1. The summed E-state index contributed by atoms with van der Waals surface area (Å²) in [7, 11) is 4.26. The number of thiazole rings is 1. The van der Waals surface area contributed by atoms with Gasteiger partial charge in [-0.3, -0.25) is 0 Å². The maximum atomic E-state index is 6.33. The van der Waals surface area contributed by atoms with Crippen LogP contribution in [-0.2, 0) is 0 Å². The van der Waals surface area contributed by atoms with Crippen molar-refractivity contribution in [1.82, 2.24) is 9.88 Å². The zero-order chi connectivity index (χ0) is 13.4. The molecule has 19 heavy (non-hydrogen) atoms. The first kappa shape index (κ1) is 12.7. The van der Waals surface area contributed by atoms with Crippen molar-refractivity contribution in [2.45, 2.75) is 18.9 Å². The number of likely N-dealkylation sites (N-methyl/N-ethyl adjacent to an activating group) is 1. The summed E-state index contributed by atoms with van der Waals surface area (Å²) in [5.41, 5.74) is 11.1. The third-order valence-electron chi connectivity index (χ3n) is 3.78. The molecular formula is C14H20N4S. The van der Waals surface area contributed by atoms with E-state index in [1.54, 1.807) is 11.3 Å². The van der Waals surface area contributed by atoms with Crippen LogP contribution in [0.5, 0.6) is 0 Å². The van der Waals surface area contributed by atoms with E-state index in [1.165, 1.54) is 17.5 Å². The van der Waals surface area contributed by atoms with Crippen LogP contribution in [0.4, 0.5) is 11.4 Å². The molecule has 0 amide bonds. The second-order valence-corrected chi connectivity index (χ2v) is 6.34. The molecule has 0 aliphatic carbocycles. The number of fused-ring (bicyclic) bond motifs is 1. The van der Waals surface area contributed by atoms with E-state index < -0.39 is 0 Å². The number of aromatic nitrogens is 1. The van der Waals surface area contributed by atoms with Crippen LogP contribution in [0.2, 0.25) is 0 Å². The molecule has 0 spiro atoms. The predicted molar refractivity (Wildman–Crippen MR) is 83.0 cm³/mol. The summed E-state index contributed by atoms with van der Waals surface area (Å²) in [5.74, 6) is 0. The lowest BCUT2D eigenvalue weighted by Gasteiger charge is -2.30. The fraction of sp³-hybridized carbons (Fsp3) is 0.500. The van der Waals surface area contributed by atoms with Crippen LogP contribution < -0.4 is 10.6 Å². The molecule has 5 heteroatoms. The zero-order valence-corrected chi connectivity index (χ0v) is 12.3. The van der Waals surface area contributed by atoms with Crippen molar-refractivity contribution in [3.05, 3.63) is 17.6 Å². The summed E-state index contributed by atoms with van der Waals surface area (Å²) < 4.78 is 1.17. The number of hydrogen-bond acceptors (Lipinski definition) is 5. The van der Waals surface area contributed by atoms with E-state index >= 15 is 0 Å². The number of benzene rings is 1. The first-order valence-electron chi connectivity index (χ1n) is 6.70. The van der Waals surface area contributed by atoms with Gasteiger partial charge in [-0.1, -0.05) is 0 Å². The van der Waals surface area contributed by atoms with Crippen molar-refractivity contribution in [2.75, 3.05) is 37.8 Å². The van der Waals surface area contributed by atoms with Gasteiger partial charge in [-0.15, -0.1) is 11.3 Å². The Morgan fingerprint density at radius 1 is 1.47 bits per heavy atom. The molecule has 1 saturated heterocycles. The Kier molecular flexibility index (Phi) is 3.33. The summed E-state index contributed by atoms with van der Waals surface area (Å²) in [5, 5.41) is 0. The van der Waals surface area contributed by atoms with Gasteiger partial charge in [0.2, 0.25) is 0 Å². The van der Waals surface area contributed by atoms with Gasteiger partial charge in [-0.05, 0) is 39.1 Å². The molecule has 4 nitrogen and oxygen atoms in total. The van der Waals surface area contributed by atoms with Crippen molar-refractivity contribution in [1.29, 1.82) is 0 Å². The van der Waals surface area contributed by atoms with Crippen LogP contribution in [0.25, 0.3) is 10.2 Å². The Hall–Kier alpha value is -1.33. The third kappa shape index (κ3) is 2.28. The molecule has 3 rings (SSSR count). The van der Waals surface area contributed by atoms with Crippen LogP contribution in [0, 0.1) is 0 Å². The molecule has 1 fully saturated rings. The van der Waals surface area contributed by atoms with Gasteiger partial charge in [0.15, 0.2) is 0 Å². The molecular weight excluding hydrogens is 256 g/mol. The molecule has 1 atom stereocenters. The lowest BCUT2D eigenvalue weighted by molar-refractivity contribution is 0.372. The highest BCUT2D eigenvalue weighted by atomic mass is 32.1. The van der Waals surface area contributed by atoms with Crippen molar-refractivity contribution in [3.63, 3.8) is 0 Å².